The van der Waals surface area contributed by atoms with Gasteiger partial charge in [-0.25, -0.2) is 4.79 Å². The Hall–Kier alpha value is -1.44. The molecule has 2 heterocycles. The molecule has 0 aliphatic carbocycles. The number of esters is 1. The number of nitrogens with one attached hydrogen (secondary N) is 3. The highest BCUT2D eigenvalue weighted by atomic mass is 32.2. The van der Waals surface area contributed by atoms with Crippen molar-refractivity contribution in [3.05, 3.63) is 0 Å². The topological polar surface area (TPSA) is 96.5 Å². The van der Waals surface area contributed by atoms with Crippen molar-refractivity contribution in [2.45, 2.75) is 63.8 Å². The van der Waals surface area contributed by atoms with Crippen LogP contribution in [0.3, 0.4) is 0 Å². The first-order valence-electron chi connectivity index (χ1n) is 8.90. The number of amides is 3. The monoisotopic (exact) mass is 371 g/mol. The standard InChI is InChI=1S/C17H29N3O4S/c1-17(2,3)15(22)18-8-9-24-13(21)7-5-4-6-12-14-11(10-25-12)19-16(23)20-14/h11-12,14H,4-10H2,1-3H3,(H,18,22)(H2,19,20,23)/t11-,12+,14-/m0/s1. The number of ether oxygens (including phenoxy) is 1. The second kappa shape index (κ2) is 8.78. The van der Waals surface area contributed by atoms with E-state index in [2.05, 4.69) is 16.0 Å². The maximum atomic E-state index is 11.7. The van der Waals surface area contributed by atoms with E-state index in [0.29, 0.717) is 18.2 Å². The average Bonchev–Trinajstić information content (AvgIpc) is 3.06. The number of hydrogen-bond donors (Lipinski definition) is 3. The molecule has 0 saturated carbocycles. The maximum Gasteiger partial charge on any atom is 0.315 e. The molecule has 3 N–H and O–H groups in total. The van der Waals surface area contributed by atoms with Crippen LogP contribution in [0.5, 0.6) is 0 Å². The van der Waals surface area contributed by atoms with Crippen molar-refractivity contribution in [1.29, 1.82) is 0 Å². The van der Waals surface area contributed by atoms with Crippen molar-refractivity contribution in [3.8, 4) is 0 Å². The number of thioether (sulfide) groups is 1. The zero-order valence-electron chi connectivity index (χ0n) is 15.2. The second-order valence-corrected chi connectivity index (χ2v) is 8.87. The van der Waals surface area contributed by atoms with Gasteiger partial charge in [-0.1, -0.05) is 27.2 Å². The van der Waals surface area contributed by atoms with E-state index in [1.54, 1.807) is 0 Å². The Bertz CT molecular complexity index is 507. The molecule has 142 valence electrons. The molecule has 0 radical (unpaired) electrons. The number of carbonyl (C=O) groups is 3. The van der Waals surface area contributed by atoms with E-state index in [1.165, 1.54) is 0 Å². The fraction of sp³-hybridized carbons (Fsp3) is 0.824. The van der Waals surface area contributed by atoms with E-state index < -0.39 is 5.41 Å². The highest BCUT2D eigenvalue weighted by molar-refractivity contribution is 8.00. The number of hydrogen-bond acceptors (Lipinski definition) is 5. The minimum Gasteiger partial charge on any atom is -0.464 e. The summed E-state index contributed by atoms with van der Waals surface area (Å²) >= 11 is 1.88. The number of urea groups is 1. The molecule has 8 heteroatoms. The molecular formula is C17H29N3O4S. The molecule has 0 aromatic heterocycles. The average molecular weight is 372 g/mol. The summed E-state index contributed by atoms with van der Waals surface area (Å²) in [6.07, 6.45) is 3.10. The molecule has 0 spiro atoms. The molecule has 25 heavy (non-hydrogen) atoms. The number of carbonyl (C=O) groups excluding carboxylic acids is 3. The zero-order valence-corrected chi connectivity index (χ0v) is 16.0. The van der Waals surface area contributed by atoms with Gasteiger partial charge in [-0.3, -0.25) is 9.59 Å². The Kier molecular flexibility index (Phi) is 6.98. The largest absolute Gasteiger partial charge is 0.464 e. The fourth-order valence-electron chi connectivity index (χ4n) is 2.92. The van der Waals surface area contributed by atoms with Crippen LogP contribution in [0.15, 0.2) is 0 Å². The number of rotatable bonds is 8. The summed E-state index contributed by atoms with van der Waals surface area (Å²) in [6, 6.07) is 0.397. The van der Waals surface area contributed by atoms with Crippen molar-refractivity contribution in [2.24, 2.45) is 5.41 Å². The molecule has 0 unspecified atom stereocenters. The summed E-state index contributed by atoms with van der Waals surface area (Å²) in [7, 11) is 0. The molecule has 2 aliphatic rings. The smallest absolute Gasteiger partial charge is 0.315 e. The Morgan fingerprint density at radius 2 is 2.04 bits per heavy atom. The molecular weight excluding hydrogens is 342 g/mol. The van der Waals surface area contributed by atoms with Gasteiger partial charge >= 0.3 is 12.0 Å². The summed E-state index contributed by atoms with van der Waals surface area (Å²) in [6.45, 7) is 6.07. The first-order valence-corrected chi connectivity index (χ1v) is 9.95. The Morgan fingerprint density at radius 1 is 1.28 bits per heavy atom. The van der Waals surface area contributed by atoms with Crippen LogP contribution in [0.2, 0.25) is 0 Å². The predicted octanol–water partition coefficient (Wildman–Crippen LogP) is 1.42. The summed E-state index contributed by atoms with van der Waals surface area (Å²) in [4.78, 5) is 34.7. The number of fused-ring (bicyclic) bond motifs is 1. The van der Waals surface area contributed by atoms with Gasteiger partial charge in [-0.05, 0) is 12.8 Å². The van der Waals surface area contributed by atoms with Crippen LogP contribution in [0.25, 0.3) is 0 Å². The van der Waals surface area contributed by atoms with E-state index in [1.807, 2.05) is 32.5 Å². The lowest BCUT2D eigenvalue weighted by Gasteiger charge is -2.17. The quantitative estimate of drug-likeness (QED) is 0.341. The highest BCUT2D eigenvalue weighted by Crippen LogP contribution is 2.33. The van der Waals surface area contributed by atoms with Gasteiger partial charge in [0.1, 0.15) is 6.61 Å². The van der Waals surface area contributed by atoms with Gasteiger partial charge in [0.25, 0.3) is 0 Å². The van der Waals surface area contributed by atoms with Crippen molar-refractivity contribution in [1.82, 2.24) is 16.0 Å². The molecule has 3 atom stereocenters. The number of unbranched alkanes of at least 4 members (excludes halogenated alkanes) is 1. The SMILES string of the molecule is CC(C)(C)C(=O)NCCOC(=O)CCCC[C@H]1SC[C@@H]2NC(=O)N[C@@H]21. The van der Waals surface area contributed by atoms with E-state index in [4.69, 9.17) is 4.74 Å². The van der Waals surface area contributed by atoms with Gasteiger partial charge in [0.2, 0.25) is 5.91 Å². The lowest BCUT2D eigenvalue weighted by molar-refractivity contribution is -0.144. The fourth-order valence-corrected chi connectivity index (χ4v) is 4.47. The van der Waals surface area contributed by atoms with Gasteiger partial charge in [-0.2, -0.15) is 11.8 Å². The summed E-state index contributed by atoms with van der Waals surface area (Å²) in [5.41, 5.74) is -0.435. The van der Waals surface area contributed by atoms with Crippen LogP contribution in [0.4, 0.5) is 4.79 Å². The summed E-state index contributed by atoms with van der Waals surface area (Å²) in [5.74, 6) is 0.679. The van der Waals surface area contributed by atoms with Crippen molar-refractivity contribution in [2.75, 3.05) is 18.9 Å². The molecule has 2 saturated heterocycles. The minimum absolute atomic E-state index is 0.0515. The van der Waals surface area contributed by atoms with Gasteiger partial charge < -0.3 is 20.7 Å². The summed E-state index contributed by atoms with van der Waals surface area (Å²) < 4.78 is 5.13. The minimum atomic E-state index is -0.435. The lowest BCUT2D eigenvalue weighted by atomic mass is 9.96. The molecule has 0 bridgehead atoms. The van der Waals surface area contributed by atoms with E-state index in [0.717, 1.165) is 25.0 Å². The van der Waals surface area contributed by atoms with Gasteiger partial charge in [0.15, 0.2) is 0 Å². The first kappa shape index (κ1) is 19.9. The lowest BCUT2D eigenvalue weighted by Crippen LogP contribution is -2.37. The Balaban J connectivity index is 1.50. The highest BCUT2D eigenvalue weighted by Gasteiger charge is 2.42. The van der Waals surface area contributed by atoms with Gasteiger partial charge in [0.05, 0.1) is 18.6 Å². The van der Waals surface area contributed by atoms with Crippen molar-refractivity contribution in [3.63, 3.8) is 0 Å². The molecule has 2 rings (SSSR count). The first-order chi connectivity index (χ1) is 11.8. The van der Waals surface area contributed by atoms with Crippen LogP contribution < -0.4 is 16.0 Å². The normalized spacial score (nSPS) is 25.1. The third-order valence-electron chi connectivity index (χ3n) is 4.39. The zero-order chi connectivity index (χ0) is 18.4. The molecule has 3 amide bonds. The van der Waals surface area contributed by atoms with Crippen LogP contribution in [-0.2, 0) is 14.3 Å². The maximum absolute atomic E-state index is 11.7. The molecule has 7 nitrogen and oxygen atoms in total. The second-order valence-electron chi connectivity index (χ2n) is 7.59. The third kappa shape index (κ3) is 6.09. The predicted molar refractivity (Wildman–Crippen MR) is 97.4 cm³/mol. The van der Waals surface area contributed by atoms with Gasteiger partial charge in [-0.15, -0.1) is 0 Å². The van der Waals surface area contributed by atoms with E-state index >= 15 is 0 Å². The van der Waals surface area contributed by atoms with Crippen LogP contribution >= 0.6 is 11.8 Å². The molecule has 2 aliphatic heterocycles. The Labute approximate surface area is 153 Å². The Morgan fingerprint density at radius 3 is 2.76 bits per heavy atom. The third-order valence-corrected chi connectivity index (χ3v) is 5.90. The van der Waals surface area contributed by atoms with Crippen LogP contribution in [0.1, 0.15) is 46.5 Å². The van der Waals surface area contributed by atoms with E-state index in [-0.39, 0.29) is 36.6 Å². The summed E-state index contributed by atoms with van der Waals surface area (Å²) in [5, 5.41) is 9.07. The van der Waals surface area contributed by atoms with Crippen LogP contribution in [-0.4, -0.2) is 54.1 Å². The van der Waals surface area contributed by atoms with E-state index in [9.17, 15) is 14.4 Å². The van der Waals surface area contributed by atoms with Crippen LogP contribution in [0, 0.1) is 5.41 Å². The van der Waals surface area contributed by atoms with Gasteiger partial charge in [0, 0.05) is 22.8 Å². The molecule has 2 fully saturated rings. The van der Waals surface area contributed by atoms with Crippen molar-refractivity contribution >= 4 is 29.7 Å². The molecule has 0 aromatic carbocycles. The molecule has 0 aromatic rings. The van der Waals surface area contributed by atoms with Crippen molar-refractivity contribution < 1.29 is 19.1 Å².